The Bertz CT molecular complexity index is 919. The van der Waals surface area contributed by atoms with E-state index in [0.29, 0.717) is 5.56 Å². The average molecular weight is 523 g/mol. The first-order valence-electron chi connectivity index (χ1n) is 8.54. The predicted octanol–water partition coefficient (Wildman–Crippen LogP) is 6.93. The van der Waals surface area contributed by atoms with E-state index in [0.717, 1.165) is 37.7 Å². The molecule has 0 N–H and O–H groups in total. The van der Waals surface area contributed by atoms with Gasteiger partial charge in [0.05, 0.1) is 5.56 Å². The quantitative estimate of drug-likeness (QED) is 0.139. The van der Waals surface area contributed by atoms with Crippen molar-refractivity contribution >= 4 is 57.5 Å². The van der Waals surface area contributed by atoms with Crippen molar-refractivity contribution in [1.29, 1.82) is 5.26 Å². The normalized spacial score (nSPS) is 10.7. The van der Waals surface area contributed by atoms with Crippen LogP contribution in [0.25, 0.3) is 21.8 Å². The molecule has 0 spiro atoms. The molecule has 0 atom stereocenters. The molecule has 0 aliphatic heterocycles. The Hall–Kier alpha value is -1.08. The number of hydrogen-bond acceptors (Lipinski definition) is 6. The molecule has 0 saturated carbocycles. The molecular formula is C20H18IN3S3. The molecule has 0 aliphatic rings. The predicted molar refractivity (Wildman–Crippen MR) is 126 cm³/mol. The first-order chi connectivity index (χ1) is 13.2. The summed E-state index contributed by atoms with van der Waals surface area (Å²) >= 11 is 7.41. The molecule has 0 aliphatic carbocycles. The van der Waals surface area contributed by atoms with Gasteiger partial charge in [0.15, 0.2) is 0 Å². The van der Waals surface area contributed by atoms with E-state index in [1.807, 2.05) is 23.2 Å². The molecule has 138 valence electrons. The van der Waals surface area contributed by atoms with E-state index >= 15 is 0 Å². The third-order valence-corrected chi connectivity index (χ3v) is 7.62. The van der Waals surface area contributed by atoms with Gasteiger partial charge in [-0.15, -0.1) is 11.3 Å². The van der Waals surface area contributed by atoms with Crippen LogP contribution in [0, 0.1) is 14.9 Å². The number of thioether (sulfide) groups is 2. The van der Waals surface area contributed by atoms with Crippen LogP contribution in [-0.4, -0.2) is 20.8 Å². The average Bonchev–Trinajstić information content (AvgIpc) is 3.22. The Morgan fingerprint density at radius 1 is 1.26 bits per heavy atom. The molecule has 1 aromatic carbocycles. The lowest BCUT2D eigenvalue weighted by molar-refractivity contribution is 0.897. The lowest BCUT2D eigenvalue weighted by Crippen LogP contribution is -1.96. The highest BCUT2D eigenvalue weighted by molar-refractivity contribution is 14.1. The highest BCUT2D eigenvalue weighted by atomic mass is 127. The zero-order chi connectivity index (χ0) is 19.1. The van der Waals surface area contributed by atoms with Gasteiger partial charge in [0, 0.05) is 25.8 Å². The van der Waals surface area contributed by atoms with E-state index in [2.05, 4.69) is 64.8 Å². The van der Waals surface area contributed by atoms with E-state index in [1.54, 1.807) is 29.3 Å². The van der Waals surface area contributed by atoms with E-state index in [4.69, 9.17) is 4.98 Å². The molecule has 0 unspecified atom stereocenters. The molecule has 0 saturated heterocycles. The van der Waals surface area contributed by atoms with Crippen LogP contribution in [0.3, 0.4) is 0 Å². The van der Waals surface area contributed by atoms with E-state index in [-0.39, 0.29) is 0 Å². The monoisotopic (exact) mass is 523 g/mol. The summed E-state index contributed by atoms with van der Waals surface area (Å²) in [6.45, 7) is 2.20. The van der Waals surface area contributed by atoms with Gasteiger partial charge < -0.3 is 0 Å². The second-order valence-corrected chi connectivity index (χ2v) is 10.3. The standard InChI is InChI=1S/C20H18IN3S3/c1-2-3-9-25-13-27-19-17(12-22)16(14-4-6-15(21)7-5-14)11-18(24-19)20-23-8-10-26-20/h4-8,10-11H,2-3,9,13H2,1H3. The van der Waals surface area contributed by atoms with Gasteiger partial charge in [-0.25, -0.2) is 9.97 Å². The van der Waals surface area contributed by atoms with Crippen LogP contribution in [0.1, 0.15) is 25.3 Å². The zero-order valence-electron chi connectivity index (χ0n) is 14.8. The fourth-order valence-electron chi connectivity index (χ4n) is 2.45. The lowest BCUT2D eigenvalue weighted by atomic mass is 10.0. The van der Waals surface area contributed by atoms with Crippen molar-refractivity contribution in [3.8, 4) is 27.9 Å². The van der Waals surface area contributed by atoms with Gasteiger partial charge in [-0.05, 0) is 58.5 Å². The third kappa shape index (κ3) is 5.47. The molecule has 3 nitrogen and oxygen atoms in total. The maximum Gasteiger partial charge on any atom is 0.141 e. The van der Waals surface area contributed by atoms with Crippen LogP contribution >= 0.6 is 57.5 Å². The van der Waals surface area contributed by atoms with Crippen molar-refractivity contribution in [2.24, 2.45) is 0 Å². The van der Waals surface area contributed by atoms with Gasteiger partial charge in [-0.1, -0.05) is 37.2 Å². The maximum atomic E-state index is 9.85. The van der Waals surface area contributed by atoms with Gasteiger partial charge in [0.25, 0.3) is 0 Å². The summed E-state index contributed by atoms with van der Waals surface area (Å²) in [7, 11) is 0. The fraction of sp³-hybridized carbons (Fsp3) is 0.250. The van der Waals surface area contributed by atoms with E-state index < -0.39 is 0 Å². The van der Waals surface area contributed by atoms with Crippen molar-refractivity contribution in [2.75, 3.05) is 10.8 Å². The summed E-state index contributed by atoms with van der Waals surface area (Å²) in [6.07, 6.45) is 4.21. The number of thiazole rings is 1. The Kier molecular flexibility index (Phi) is 8.00. The molecule has 0 radical (unpaired) electrons. The van der Waals surface area contributed by atoms with Crippen molar-refractivity contribution in [3.63, 3.8) is 0 Å². The van der Waals surface area contributed by atoms with Crippen LogP contribution in [0.2, 0.25) is 0 Å². The zero-order valence-corrected chi connectivity index (χ0v) is 19.4. The van der Waals surface area contributed by atoms with Gasteiger partial charge >= 0.3 is 0 Å². The lowest BCUT2D eigenvalue weighted by Gasteiger charge is -2.11. The third-order valence-electron chi connectivity index (χ3n) is 3.83. The van der Waals surface area contributed by atoms with Gasteiger partial charge in [-0.2, -0.15) is 17.0 Å². The summed E-state index contributed by atoms with van der Waals surface area (Å²) in [5.74, 6) is 1.14. The smallest absolute Gasteiger partial charge is 0.141 e. The Labute approximate surface area is 186 Å². The van der Waals surface area contributed by atoms with Crippen LogP contribution in [0.4, 0.5) is 0 Å². The van der Waals surface area contributed by atoms with Crippen molar-refractivity contribution in [2.45, 2.75) is 24.8 Å². The number of halogens is 1. The van der Waals surface area contributed by atoms with Gasteiger partial charge in [0.2, 0.25) is 0 Å². The van der Waals surface area contributed by atoms with Crippen LogP contribution in [-0.2, 0) is 0 Å². The minimum absolute atomic E-state index is 0.651. The molecule has 3 rings (SSSR count). The van der Waals surface area contributed by atoms with Crippen LogP contribution in [0.15, 0.2) is 46.9 Å². The summed E-state index contributed by atoms with van der Waals surface area (Å²) in [5.41, 5.74) is 3.44. The number of aromatic nitrogens is 2. The molecule has 7 heteroatoms. The van der Waals surface area contributed by atoms with Crippen molar-refractivity contribution < 1.29 is 0 Å². The number of benzene rings is 1. The Morgan fingerprint density at radius 3 is 2.74 bits per heavy atom. The van der Waals surface area contributed by atoms with Crippen molar-refractivity contribution in [1.82, 2.24) is 9.97 Å². The second kappa shape index (κ2) is 10.5. The Morgan fingerprint density at radius 2 is 2.07 bits per heavy atom. The topological polar surface area (TPSA) is 49.6 Å². The summed E-state index contributed by atoms with van der Waals surface area (Å²) in [6, 6.07) is 12.6. The minimum Gasteiger partial charge on any atom is -0.243 e. The SMILES string of the molecule is CCCCSCSc1nc(-c2nccs2)cc(-c2ccc(I)cc2)c1C#N. The van der Waals surface area contributed by atoms with Crippen LogP contribution < -0.4 is 0 Å². The number of nitriles is 1. The van der Waals surface area contributed by atoms with Gasteiger partial charge in [-0.3, -0.25) is 0 Å². The van der Waals surface area contributed by atoms with E-state index in [9.17, 15) is 5.26 Å². The minimum atomic E-state index is 0.651. The number of hydrogen-bond donors (Lipinski definition) is 0. The number of nitrogens with zero attached hydrogens (tertiary/aromatic N) is 3. The maximum absolute atomic E-state index is 9.85. The highest BCUT2D eigenvalue weighted by Crippen LogP contribution is 2.35. The summed E-state index contributed by atoms with van der Waals surface area (Å²) in [4.78, 5) is 9.19. The first kappa shape index (κ1) is 20.6. The summed E-state index contributed by atoms with van der Waals surface area (Å²) < 4.78 is 1.17. The molecule has 0 bridgehead atoms. The molecule has 2 aromatic heterocycles. The first-order valence-corrected chi connectivity index (χ1v) is 12.6. The molecule has 3 aromatic rings. The van der Waals surface area contributed by atoms with E-state index in [1.165, 1.54) is 16.4 Å². The van der Waals surface area contributed by atoms with Gasteiger partial charge in [0.1, 0.15) is 21.8 Å². The largest absolute Gasteiger partial charge is 0.243 e. The van der Waals surface area contributed by atoms with Crippen molar-refractivity contribution in [3.05, 3.63) is 51.0 Å². The number of rotatable bonds is 8. The van der Waals surface area contributed by atoms with Crippen LogP contribution in [0.5, 0.6) is 0 Å². The number of unbranched alkanes of at least 4 members (excludes halogenated alkanes) is 1. The molecule has 27 heavy (non-hydrogen) atoms. The molecule has 0 fully saturated rings. The molecule has 2 heterocycles. The highest BCUT2D eigenvalue weighted by Gasteiger charge is 2.16. The number of pyridine rings is 1. The molecule has 0 amide bonds. The second-order valence-electron chi connectivity index (χ2n) is 5.72. The fourth-order valence-corrected chi connectivity index (χ4v) is 5.62. The summed E-state index contributed by atoms with van der Waals surface area (Å²) in [5, 5.41) is 14.4. The Balaban J connectivity index is 2.00. The molecular weight excluding hydrogens is 505 g/mol.